The van der Waals surface area contributed by atoms with Gasteiger partial charge in [-0.05, 0) is 47.0 Å². The largest absolute Gasteiger partial charge is 0.417 e. The second-order valence-corrected chi connectivity index (χ2v) is 4.11. The third-order valence-electron chi connectivity index (χ3n) is 2.54. The van der Waals surface area contributed by atoms with Crippen LogP contribution in [0, 0.1) is 0 Å². The lowest BCUT2D eigenvalue weighted by Gasteiger charge is -2.13. The maximum absolute atomic E-state index is 13.0. The van der Waals surface area contributed by atoms with E-state index in [-0.39, 0.29) is 11.1 Å². The molecular formula is C13H7ClF3NO. The summed E-state index contributed by atoms with van der Waals surface area (Å²) in [4.78, 5) is 14.7. The molecule has 0 radical (unpaired) electrons. The van der Waals surface area contributed by atoms with Gasteiger partial charge >= 0.3 is 6.18 Å². The van der Waals surface area contributed by atoms with Gasteiger partial charge in [-0.25, -0.2) is 0 Å². The number of benzene rings is 1. The van der Waals surface area contributed by atoms with Gasteiger partial charge in [0.25, 0.3) is 5.24 Å². The molecule has 0 atom stereocenters. The van der Waals surface area contributed by atoms with E-state index in [2.05, 4.69) is 4.98 Å². The smallest absolute Gasteiger partial charge is 0.276 e. The number of pyridine rings is 1. The van der Waals surface area contributed by atoms with E-state index in [1.165, 1.54) is 36.7 Å². The number of hydrogen-bond donors (Lipinski definition) is 0. The molecule has 1 heterocycles. The minimum Gasteiger partial charge on any atom is -0.276 e. The highest BCUT2D eigenvalue weighted by Gasteiger charge is 2.34. The van der Waals surface area contributed by atoms with Crippen molar-refractivity contribution in [3.63, 3.8) is 0 Å². The van der Waals surface area contributed by atoms with Crippen molar-refractivity contribution < 1.29 is 18.0 Å². The Bertz CT molecular complexity index is 611. The van der Waals surface area contributed by atoms with Crippen LogP contribution in [0.1, 0.15) is 15.9 Å². The van der Waals surface area contributed by atoms with Gasteiger partial charge in [0.1, 0.15) is 0 Å². The molecule has 0 amide bonds. The van der Waals surface area contributed by atoms with E-state index >= 15 is 0 Å². The fourth-order valence-electron chi connectivity index (χ4n) is 1.68. The van der Waals surface area contributed by atoms with Gasteiger partial charge < -0.3 is 0 Å². The number of nitrogens with zero attached hydrogens (tertiary/aromatic N) is 1. The molecule has 19 heavy (non-hydrogen) atoms. The van der Waals surface area contributed by atoms with Gasteiger partial charge in [-0.2, -0.15) is 13.2 Å². The minimum atomic E-state index is -4.57. The molecule has 0 N–H and O–H groups in total. The van der Waals surface area contributed by atoms with E-state index < -0.39 is 17.0 Å². The molecule has 0 saturated carbocycles. The van der Waals surface area contributed by atoms with Crippen LogP contribution in [-0.2, 0) is 6.18 Å². The van der Waals surface area contributed by atoms with Crippen molar-refractivity contribution in [3.8, 4) is 11.1 Å². The fraction of sp³-hybridized carbons (Fsp3) is 0.0769. The van der Waals surface area contributed by atoms with Crippen LogP contribution in [-0.4, -0.2) is 10.2 Å². The van der Waals surface area contributed by atoms with Crippen molar-refractivity contribution in [1.29, 1.82) is 0 Å². The monoisotopic (exact) mass is 285 g/mol. The average Bonchev–Trinajstić information content (AvgIpc) is 2.38. The number of halogens is 4. The summed E-state index contributed by atoms with van der Waals surface area (Å²) in [5, 5.41) is -0.924. The van der Waals surface area contributed by atoms with Crippen LogP contribution in [0.4, 0.5) is 13.2 Å². The molecule has 2 nitrogen and oxygen atoms in total. The number of hydrogen-bond acceptors (Lipinski definition) is 2. The zero-order valence-electron chi connectivity index (χ0n) is 9.41. The zero-order valence-corrected chi connectivity index (χ0v) is 10.2. The Hall–Kier alpha value is -1.88. The summed E-state index contributed by atoms with van der Waals surface area (Å²) < 4.78 is 39.0. The van der Waals surface area contributed by atoms with Gasteiger partial charge in [-0.1, -0.05) is 6.07 Å². The van der Waals surface area contributed by atoms with Gasteiger partial charge in [-0.3, -0.25) is 9.78 Å². The quantitative estimate of drug-likeness (QED) is 0.776. The lowest BCUT2D eigenvalue weighted by atomic mass is 9.98. The van der Waals surface area contributed by atoms with Crippen LogP contribution < -0.4 is 0 Å². The summed E-state index contributed by atoms with van der Waals surface area (Å²) in [6.07, 6.45) is -1.77. The Morgan fingerprint density at radius 1 is 1.11 bits per heavy atom. The van der Waals surface area contributed by atoms with E-state index in [4.69, 9.17) is 11.6 Å². The molecule has 2 rings (SSSR count). The molecule has 0 bridgehead atoms. The van der Waals surface area contributed by atoms with Crippen molar-refractivity contribution in [3.05, 3.63) is 53.9 Å². The van der Waals surface area contributed by atoms with Crippen LogP contribution in [0.2, 0.25) is 0 Å². The SMILES string of the molecule is O=C(Cl)c1ccc(-c2ccncc2)c(C(F)(F)F)c1. The van der Waals surface area contributed by atoms with Crippen molar-refractivity contribution in [2.24, 2.45) is 0 Å². The Labute approximate surface area is 111 Å². The lowest BCUT2D eigenvalue weighted by Crippen LogP contribution is -2.08. The first-order chi connectivity index (χ1) is 8.89. The summed E-state index contributed by atoms with van der Waals surface area (Å²) in [5.74, 6) is 0. The number of rotatable bonds is 2. The molecule has 6 heteroatoms. The third kappa shape index (κ3) is 2.93. The van der Waals surface area contributed by atoms with E-state index in [1.54, 1.807) is 0 Å². The Morgan fingerprint density at radius 3 is 2.26 bits per heavy atom. The first kappa shape index (κ1) is 13.5. The molecule has 0 saturated heterocycles. The second-order valence-electron chi connectivity index (χ2n) is 3.77. The Morgan fingerprint density at radius 2 is 1.74 bits per heavy atom. The van der Waals surface area contributed by atoms with Crippen LogP contribution in [0.3, 0.4) is 0 Å². The van der Waals surface area contributed by atoms with Crippen molar-refractivity contribution >= 4 is 16.8 Å². The predicted molar refractivity (Wildman–Crippen MR) is 64.9 cm³/mol. The molecule has 1 aromatic carbocycles. The molecular weight excluding hydrogens is 279 g/mol. The Kier molecular flexibility index (Phi) is 3.57. The summed E-state index contributed by atoms with van der Waals surface area (Å²) in [7, 11) is 0. The molecule has 0 spiro atoms. The normalized spacial score (nSPS) is 11.4. The van der Waals surface area contributed by atoms with Gasteiger partial charge in [0.2, 0.25) is 0 Å². The summed E-state index contributed by atoms with van der Waals surface area (Å²) >= 11 is 5.21. The van der Waals surface area contributed by atoms with Crippen LogP contribution >= 0.6 is 11.6 Å². The van der Waals surface area contributed by atoms with E-state index in [1.807, 2.05) is 0 Å². The summed E-state index contributed by atoms with van der Waals surface area (Å²) in [5.41, 5.74) is -0.732. The van der Waals surface area contributed by atoms with Crippen molar-refractivity contribution in [2.75, 3.05) is 0 Å². The molecule has 2 aromatic rings. The zero-order chi connectivity index (χ0) is 14.0. The van der Waals surface area contributed by atoms with E-state index in [0.717, 1.165) is 6.07 Å². The van der Waals surface area contributed by atoms with Gasteiger partial charge in [-0.15, -0.1) is 0 Å². The highest BCUT2D eigenvalue weighted by Crippen LogP contribution is 2.37. The molecule has 0 aliphatic rings. The molecule has 98 valence electrons. The highest BCUT2D eigenvalue weighted by atomic mass is 35.5. The summed E-state index contributed by atoms with van der Waals surface area (Å²) in [6, 6.07) is 6.18. The van der Waals surface area contributed by atoms with E-state index in [0.29, 0.717) is 5.56 Å². The Balaban J connectivity index is 2.65. The third-order valence-corrected chi connectivity index (χ3v) is 2.76. The summed E-state index contributed by atoms with van der Waals surface area (Å²) in [6.45, 7) is 0. The minimum absolute atomic E-state index is 0.0171. The standard InChI is InChI=1S/C13H7ClF3NO/c14-12(19)9-1-2-10(8-3-5-18-6-4-8)11(7-9)13(15,16)17/h1-7H. The number of alkyl halides is 3. The number of carbonyl (C=O) groups is 1. The molecule has 0 aliphatic carbocycles. The lowest BCUT2D eigenvalue weighted by molar-refractivity contribution is -0.137. The van der Waals surface area contributed by atoms with Gasteiger partial charge in [0, 0.05) is 18.0 Å². The van der Waals surface area contributed by atoms with Crippen molar-refractivity contribution in [2.45, 2.75) is 6.18 Å². The van der Waals surface area contributed by atoms with Crippen molar-refractivity contribution in [1.82, 2.24) is 4.98 Å². The molecule has 0 fully saturated rings. The number of carbonyl (C=O) groups excluding carboxylic acids is 1. The number of aromatic nitrogens is 1. The molecule has 0 aliphatic heterocycles. The maximum Gasteiger partial charge on any atom is 0.417 e. The van der Waals surface area contributed by atoms with Gasteiger partial charge in [0.15, 0.2) is 0 Å². The molecule has 0 unspecified atom stereocenters. The van der Waals surface area contributed by atoms with Gasteiger partial charge in [0.05, 0.1) is 5.56 Å². The highest BCUT2D eigenvalue weighted by molar-refractivity contribution is 6.67. The van der Waals surface area contributed by atoms with Crippen LogP contribution in [0.25, 0.3) is 11.1 Å². The molecule has 1 aromatic heterocycles. The predicted octanol–water partition coefficient (Wildman–Crippen LogP) is 4.15. The topological polar surface area (TPSA) is 30.0 Å². The first-order valence-corrected chi connectivity index (χ1v) is 5.59. The maximum atomic E-state index is 13.0. The van der Waals surface area contributed by atoms with E-state index in [9.17, 15) is 18.0 Å². The van der Waals surface area contributed by atoms with Crippen LogP contribution in [0.5, 0.6) is 0 Å². The van der Waals surface area contributed by atoms with Crippen LogP contribution in [0.15, 0.2) is 42.7 Å². The average molecular weight is 286 g/mol. The second kappa shape index (κ2) is 5.01. The first-order valence-electron chi connectivity index (χ1n) is 5.21. The fourth-order valence-corrected chi connectivity index (χ4v) is 1.80.